The summed E-state index contributed by atoms with van der Waals surface area (Å²) in [7, 11) is 1.65. The number of nitrogens with zero attached hydrogens (tertiary/aromatic N) is 2. The molecule has 0 aliphatic carbocycles. The molecule has 0 atom stereocenters. The molecule has 1 aliphatic rings. The molecule has 92 valence electrons. The third-order valence-corrected chi connectivity index (χ3v) is 3.59. The van der Waals surface area contributed by atoms with Crippen LogP contribution in [-0.2, 0) is 13.1 Å². The lowest BCUT2D eigenvalue weighted by atomic mass is 10.2. The Hall–Kier alpha value is -1.46. The van der Waals surface area contributed by atoms with Gasteiger partial charge in [-0.1, -0.05) is 0 Å². The monoisotopic (exact) mass is 305 g/mol. The molecule has 1 aromatic heterocycles. The second kappa shape index (κ2) is 4.66. The van der Waals surface area contributed by atoms with Crippen molar-refractivity contribution in [2.75, 3.05) is 7.11 Å². The Labute approximate surface area is 114 Å². The zero-order chi connectivity index (χ0) is 12.5. The summed E-state index contributed by atoms with van der Waals surface area (Å²) in [5.74, 6) is 1.56. The lowest BCUT2D eigenvalue weighted by Gasteiger charge is -2.06. The van der Waals surface area contributed by atoms with Gasteiger partial charge in [0, 0.05) is 30.4 Å². The van der Waals surface area contributed by atoms with Crippen LogP contribution in [0.4, 0.5) is 0 Å². The van der Waals surface area contributed by atoms with Gasteiger partial charge in [0.1, 0.15) is 5.75 Å². The first kappa shape index (κ1) is 11.6. The zero-order valence-corrected chi connectivity index (χ0v) is 11.5. The van der Waals surface area contributed by atoms with Crippen LogP contribution in [0, 0.1) is 0 Å². The van der Waals surface area contributed by atoms with Crippen LogP contribution in [0.25, 0.3) is 11.4 Å². The van der Waals surface area contributed by atoms with E-state index in [1.165, 1.54) is 5.56 Å². The molecule has 2 heterocycles. The number of methoxy groups -OCH3 is 1. The Morgan fingerprint density at radius 3 is 3.00 bits per heavy atom. The van der Waals surface area contributed by atoms with Crippen LogP contribution in [0.5, 0.6) is 5.75 Å². The minimum atomic E-state index is 0.751. The average Bonchev–Trinajstić information content (AvgIpc) is 2.85. The number of nitrogens with one attached hydrogen (secondary N) is 1. The number of halogens is 1. The molecule has 0 bridgehead atoms. The van der Waals surface area contributed by atoms with Gasteiger partial charge in [-0.2, -0.15) is 0 Å². The van der Waals surface area contributed by atoms with Gasteiger partial charge in [0.05, 0.1) is 17.3 Å². The minimum absolute atomic E-state index is 0.751. The van der Waals surface area contributed by atoms with Crippen LogP contribution in [-0.4, -0.2) is 17.1 Å². The number of benzene rings is 1. The van der Waals surface area contributed by atoms with Crippen molar-refractivity contribution < 1.29 is 4.74 Å². The molecule has 2 aromatic rings. The average molecular weight is 306 g/mol. The summed E-state index contributed by atoms with van der Waals surface area (Å²) < 4.78 is 6.12. The summed E-state index contributed by atoms with van der Waals surface area (Å²) in [6.45, 7) is 1.68. The van der Waals surface area contributed by atoms with Gasteiger partial charge in [-0.05, 0) is 34.1 Å². The van der Waals surface area contributed by atoms with Gasteiger partial charge in [0.15, 0.2) is 5.82 Å². The SMILES string of the molecule is COc1ccc(-c2ncc3c(n2)CNC3)cc1Br. The number of hydrogen-bond donors (Lipinski definition) is 1. The molecule has 1 aliphatic heterocycles. The molecular weight excluding hydrogens is 294 g/mol. The van der Waals surface area contributed by atoms with E-state index in [1.807, 2.05) is 24.4 Å². The van der Waals surface area contributed by atoms with Crippen LogP contribution in [0.2, 0.25) is 0 Å². The maximum Gasteiger partial charge on any atom is 0.159 e. The first-order chi connectivity index (χ1) is 8.78. The topological polar surface area (TPSA) is 47.0 Å². The molecule has 1 N–H and O–H groups in total. The summed E-state index contributed by atoms with van der Waals surface area (Å²) in [6, 6.07) is 5.85. The van der Waals surface area contributed by atoms with Gasteiger partial charge in [0.25, 0.3) is 0 Å². The van der Waals surface area contributed by atoms with E-state index in [4.69, 9.17) is 4.74 Å². The lowest BCUT2D eigenvalue weighted by Crippen LogP contribution is -2.00. The molecule has 4 nitrogen and oxygen atoms in total. The summed E-state index contributed by atoms with van der Waals surface area (Å²) >= 11 is 3.47. The van der Waals surface area contributed by atoms with Gasteiger partial charge < -0.3 is 10.1 Å². The van der Waals surface area contributed by atoms with Gasteiger partial charge in [-0.15, -0.1) is 0 Å². The van der Waals surface area contributed by atoms with E-state index < -0.39 is 0 Å². The van der Waals surface area contributed by atoms with Gasteiger partial charge in [0.2, 0.25) is 0 Å². The van der Waals surface area contributed by atoms with Crippen LogP contribution in [0.15, 0.2) is 28.9 Å². The fourth-order valence-corrected chi connectivity index (χ4v) is 2.54. The number of fused-ring (bicyclic) bond motifs is 1. The Morgan fingerprint density at radius 2 is 2.22 bits per heavy atom. The highest BCUT2D eigenvalue weighted by Gasteiger charge is 2.14. The number of aromatic nitrogens is 2. The van der Waals surface area contributed by atoms with Crippen molar-refractivity contribution in [1.82, 2.24) is 15.3 Å². The molecule has 0 amide bonds. The van der Waals surface area contributed by atoms with E-state index >= 15 is 0 Å². The predicted molar refractivity (Wildman–Crippen MR) is 72.3 cm³/mol. The first-order valence-corrected chi connectivity index (χ1v) is 6.46. The number of ether oxygens (including phenoxy) is 1. The minimum Gasteiger partial charge on any atom is -0.496 e. The smallest absolute Gasteiger partial charge is 0.159 e. The molecule has 1 aromatic carbocycles. The fourth-order valence-electron chi connectivity index (χ4n) is 2.00. The van der Waals surface area contributed by atoms with Crippen molar-refractivity contribution in [3.05, 3.63) is 40.1 Å². The van der Waals surface area contributed by atoms with E-state index in [1.54, 1.807) is 7.11 Å². The van der Waals surface area contributed by atoms with Crippen molar-refractivity contribution in [2.24, 2.45) is 0 Å². The zero-order valence-electron chi connectivity index (χ0n) is 9.90. The molecule has 3 rings (SSSR count). The van der Waals surface area contributed by atoms with Crippen LogP contribution in [0.1, 0.15) is 11.3 Å². The Morgan fingerprint density at radius 1 is 1.33 bits per heavy atom. The summed E-state index contributed by atoms with van der Waals surface area (Å²) in [4.78, 5) is 8.99. The highest BCUT2D eigenvalue weighted by molar-refractivity contribution is 9.10. The third-order valence-electron chi connectivity index (χ3n) is 2.97. The second-order valence-electron chi connectivity index (χ2n) is 4.12. The summed E-state index contributed by atoms with van der Waals surface area (Å²) in [6.07, 6.45) is 1.90. The summed E-state index contributed by atoms with van der Waals surface area (Å²) in [5.41, 5.74) is 3.26. The van der Waals surface area contributed by atoms with Crippen molar-refractivity contribution in [1.29, 1.82) is 0 Å². The normalized spacial score (nSPS) is 13.4. The van der Waals surface area contributed by atoms with Crippen LogP contribution >= 0.6 is 15.9 Å². The van der Waals surface area contributed by atoms with Crippen LogP contribution in [0.3, 0.4) is 0 Å². The predicted octanol–water partition coefficient (Wildman–Crippen LogP) is 2.52. The number of rotatable bonds is 2. The largest absolute Gasteiger partial charge is 0.496 e. The molecule has 0 saturated carbocycles. The maximum atomic E-state index is 5.21. The van der Waals surface area contributed by atoms with Gasteiger partial charge >= 0.3 is 0 Å². The van der Waals surface area contributed by atoms with Gasteiger partial charge in [-0.25, -0.2) is 9.97 Å². The van der Waals surface area contributed by atoms with E-state index in [2.05, 4.69) is 31.2 Å². The highest BCUT2D eigenvalue weighted by Crippen LogP contribution is 2.29. The van der Waals surface area contributed by atoms with E-state index in [0.717, 1.165) is 40.4 Å². The standard InChI is InChI=1S/C13H12BrN3O/c1-18-12-3-2-8(4-10(12)14)13-16-6-9-5-15-7-11(9)17-13/h2-4,6,15H,5,7H2,1H3. The van der Waals surface area contributed by atoms with Gasteiger partial charge in [-0.3, -0.25) is 0 Å². The first-order valence-electron chi connectivity index (χ1n) is 5.67. The summed E-state index contributed by atoms with van der Waals surface area (Å²) in [5, 5.41) is 3.26. The molecule has 5 heteroatoms. The lowest BCUT2D eigenvalue weighted by molar-refractivity contribution is 0.412. The Kier molecular flexibility index (Phi) is 3.01. The third kappa shape index (κ3) is 2.00. The van der Waals surface area contributed by atoms with Crippen LogP contribution < -0.4 is 10.1 Å². The molecule has 0 saturated heterocycles. The molecule has 18 heavy (non-hydrogen) atoms. The number of hydrogen-bond acceptors (Lipinski definition) is 4. The molecular formula is C13H12BrN3O. The Balaban J connectivity index is 2.02. The van der Waals surface area contributed by atoms with E-state index in [-0.39, 0.29) is 0 Å². The maximum absolute atomic E-state index is 5.21. The van der Waals surface area contributed by atoms with Crippen molar-refractivity contribution in [3.63, 3.8) is 0 Å². The van der Waals surface area contributed by atoms with Crippen molar-refractivity contribution in [2.45, 2.75) is 13.1 Å². The highest BCUT2D eigenvalue weighted by atomic mass is 79.9. The Bertz CT molecular complexity index is 601. The van der Waals surface area contributed by atoms with Crippen molar-refractivity contribution >= 4 is 15.9 Å². The van der Waals surface area contributed by atoms with Crippen molar-refractivity contribution in [3.8, 4) is 17.1 Å². The molecule has 0 unspecified atom stereocenters. The molecule has 0 radical (unpaired) electrons. The molecule has 0 fully saturated rings. The van der Waals surface area contributed by atoms with E-state index in [0.29, 0.717) is 0 Å². The second-order valence-corrected chi connectivity index (χ2v) is 4.97. The van der Waals surface area contributed by atoms with E-state index in [9.17, 15) is 0 Å². The quantitative estimate of drug-likeness (QED) is 0.926. The molecule has 0 spiro atoms. The fraction of sp³-hybridized carbons (Fsp3) is 0.231.